The number of hydrazone groups is 1. The first-order valence-electron chi connectivity index (χ1n) is 8.60. The van der Waals surface area contributed by atoms with Crippen LogP contribution in [-0.2, 0) is 14.4 Å². The maximum Gasteiger partial charge on any atom is 0.329 e. The largest absolute Gasteiger partial charge is 0.497 e. The van der Waals surface area contributed by atoms with E-state index in [4.69, 9.17) is 21.1 Å². The first-order valence-corrected chi connectivity index (χ1v) is 8.98. The number of methoxy groups -OCH3 is 2. The SMILES string of the molecule is COc1ccc(NC(=O)C(=O)NN=C(C)CC(=O)Nc2ccc(Cl)cn2)c(OC)c1. The standard InChI is InChI=1S/C19H20ClN5O5/c1-11(8-17(26)23-16-7-4-12(20)10-21-16)24-25-19(28)18(27)22-14-6-5-13(29-2)9-15(14)30-3/h4-7,9-10H,8H2,1-3H3,(H,22,27)(H,25,28)(H,21,23,26). The molecule has 2 rings (SSSR count). The second-order valence-corrected chi connectivity index (χ2v) is 6.33. The molecule has 3 amide bonds. The molecule has 1 aromatic carbocycles. The van der Waals surface area contributed by atoms with Crippen molar-refractivity contribution in [1.82, 2.24) is 10.4 Å². The summed E-state index contributed by atoms with van der Waals surface area (Å²) in [4.78, 5) is 39.9. The molecule has 30 heavy (non-hydrogen) atoms. The zero-order valence-corrected chi connectivity index (χ0v) is 17.2. The second kappa shape index (κ2) is 10.8. The van der Waals surface area contributed by atoms with Gasteiger partial charge >= 0.3 is 11.8 Å². The average molecular weight is 434 g/mol. The van der Waals surface area contributed by atoms with E-state index >= 15 is 0 Å². The lowest BCUT2D eigenvalue weighted by molar-refractivity contribution is -0.136. The lowest BCUT2D eigenvalue weighted by Crippen LogP contribution is -2.33. The van der Waals surface area contributed by atoms with Crippen molar-refractivity contribution in [1.29, 1.82) is 0 Å². The minimum absolute atomic E-state index is 0.113. The van der Waals surface area contributed by atoms with Crippen molar-refractivity contribution in [2.45, 2.75) is 13.3 Å². The van der Waals surface area contributed by atoms with Crippen molar-refractivity contribution in [3.05, 3.63) is 41.6 Å². The maximum absolute atomic E-state index is 12.1. The molecule has 0 spiro atoms. The Balaban J connectivity index is 1.88. The van der Waals surface area contributed by atoms with E-state index < -0.39 is 17.7 Å². The summed E-state index contributed by atoms with van der Waals surface area (Å²) >= 11 is 5.73. The molecular formula is C19H20ClN5O5. The highest BCUT2D eigenvalue weighted by atomic mass is 35.5. The predicted molar refractivity (Wildman–Crippen MR) is 112 cm³/mol. The summed E-state index contributed by atoms with van der Waals surface area (Å²) in [5.41, 5.74) is 2.67. The van der Waals surface area contributed by atoms with Crippen LogP contribution in [-0.4, -0.2) is 42.6 Å². The van der Waals surface area contributed by atoms with Crippen LogP contribution in [0, 0.1) is 0 Å². The van der Waals surface area contributed by atoms with Crippen molar-refractivity contribution in [2.75, 3.05) is 24.9 Å². The molecule has 1 heterocycles. The highest BCUT2D eigenvalue weighted by molar-refractivity contribution is 6.39. The third kappa shape index (κ3) is 6.74. The second-order valence-electron chi connectivity index (χ2n) is 5.89. The van der Waals surface area contributed by atoms with Gasteiger partial charge in [0.2, 0.25) is 5.91 Å². The highest BCUT2D eigenvalue weighted by Crippen LogP contribution is 2.28. The Hall–Kier alpha value is -3.66. The number of carbonyl (C=O) groups excluding carboxylic acids is 3. The normalized spacial score (nSPS) is 10.7. The summed E-state index contributed by atoms with van der Waals surface area (Å²) in [5, 5.41) is 9.17. The molecule has 1 aromatic heterocycles. The van der Waals surface area contributed by atoms with E-state index in [1.54, 1.807) is 24.3 Å². The summed E-state index contributed by atoms with van der Waals surface area (Å²) < 4.78 is 10.2. The van der Waals surface area contributed by atoms with E-state index in [1.807, 2.05) is 0 Å². The van der Waals surface area contributed by atoms with E-state index in [1.165, 1.54) is 33.4 Å². The lowest BCUT2D eigenvalue weighted by Gasteiger charge is -2.11. The molecule has 0 saturated heterocycles. The Morgan fingerprint density at radius 2 is 1.83 bits per heavy atom. The van der Waals surface area contributed by atoms with Crippen LogP contribution >= 0.6 is 11.6 Å². The van der Waals surface area contributed by atoms with Crippen molar-refractivity contribution >= 4 is 46.5 Å². The van der Waals surface area contributed by atoms with Gasteiger partial charge in [0.1, 0.15) is 17.3 Å². The number of aromatic nitrogens is 1. The van der Waals surface area contributed by atoms with E-state index in [9.17, 15) is 14.4 Å². The van der Waals surface area contributed by atoms with Crippen LogP contribution in [0.4, 0.5) is 11.5 Å². The van der Waals surface area contributed by atoms with Gasteiger partial charge in [-0.15, -0.1) is 0 Å². The third-order valence-electron chi connectivity index (χ3n) is 3.62. The van der Waals surface area contributed by atoms with Crippen LogP contribution in [0.1, 0.15) is 13.3 Å². The number of nitrogens with one attached hydrogen (secondary N) is 3. The number of nitrogens with zero attached hydrogens (tertiary/aromatic N) is 2. The van der Waals surface area contributed by atoms with Crippen LogP contribution in [0.5, 0.6) is 11.5 Å². The van der Waals surface area contributed by atoms with Gasteiger partial charge in [0.05, 0.1) is 31.4 Å². The summed E-state index contributed by atoms with van der Waals surface area (Å²) in [6, 6.07) is 7.83. The van der Waals surface area contributed by atoms with E-state index in [2.05, 4.69) is 26.1 Å². The Kier molecular flexibility index (Phi) is 8.12. The number of carbonyl (C=O) groups is 3. The van der Waals surface area contributed by atoms with E-state index in [-0.39, 0.29) is 17.8 Å². The quantitative estimate of drug-likeness (QED) is 0.348. The fraction of sp³-hybridized carbons (Fsp3) is 0.211. The van der Waals surface area contributed by atoms with E-state index in [0.717, 1.165) is 0 Å². The predicted octanol–water partition coefficient (Wildman–Crippen LogP) is 2.21. The summed E-state index contributed by atoms with van der Waals surface area (Å²) in [7, 11) is 2.91. The smallest absolute Gasteiger partial charge is 0.329 e. The summed E-state index contributed by atoms with van der Waals surface area (Å²) in [6.45, 7) is 1.53. The first kappa shape index (κ1) is 22.6. The van der Waals surface area contributed by atoms with Crippen LogP contribution in [0.2, 0.25) is 5.02 Å². The lowest BCUT2D eigenvalue weighted by atomic mass is 10.2. The molecule has 0 aliphatic rings. The maximum atomic E-state index is 12.1. The number of anilines is 2. The van der Waals surface area contributed by atoms with Gasteiger partial charge in [-0.3, -0.25) is 14.4 Å². The van der Waals surface area contributed by atoms with Crippen molar-refractivity contribution in [3.8, 4) is 11.5 Å². The minimum Gasteiger partial charge on any atom is -0.497 e. The number of ether oxygens (including phenoxy) is 2. The Morgan fingerprint density at radius 3 is 2.47 bits per heavy atom. The van der Waals surface area contributed by atoms with Gasteiger partial charge in [-0.25, -0.2) is 10.4 Å². The Morgan fingerprint density at radius 1 is 1.07 bits per heavy atom. The highest BCUT2D eigenvalue weighted by Gasteiger charge is 2.16. The number of halogens is 1. The minimum atomic E-state index is -1.01. The molecule has 0 unspecified atom stereocenters. The van der Waals surface area contributed by atoms with Gasteiger partial charge in [-0.05, 0) is 31.2 Å². The monoisotopic (exact) mass is 433 g/mol. The van der Waals surface area contributed by atoms with E-state index in [0.29, 0.717) is 22.3 Å². The molecule has 10 nitrogen and oxygen atoms in total. The number of hydrogen-bond acceptors (Lipinski definition) is 7. The summed E-state index contributed by atoms with van der Waals surface area (Å²) in [6.07, 6.45) is 1.28. The molecule has 158 valence electrons. The molecule has 0 radical (unpaired) electrons. The molecule has 0 saturated carbocycles. The van der Waals surface area contributed by atoms with Gasteiger partial charge < -0.3 is 20.1 Å². The zero-order valence-electron chi connectivity index (χ0n) is 16.5. The number of amides is 3. The summed E-state index contributed by atoms with van der Waals surface area (Å²) in [5.74, 6) is -1.18. The Labute approximate surface area is 177 Å². The molecule has 0 bridgehead atoms. The van der Waals surface area contributed by atoms with Gasteiger partial charge in [0.15, 0.2) is 0 Å². The van der Waals surface area contributed by atoms with Crippen molar-refractivity contribution in [2.24, 2.45) is 5.10 Å². The fourth-order valence-corrected chi connectivity index (χ4v) is 2.30. The van der Waals surface area contributed by atoms with Gasteiger partial charge in [-0.2, -0.15) is 5.10 Å². The van der Waals surface area contributed by atoms with Gasteiger partial charge in [-0.1, -0.05) is 11.6 Å². The van der Waals surface area contributed by atoms with Crippen molar-refractivity contribution < 1.29 is 23.9 Å². The van der Waals surface area contributed by atoms with Crippen LogP contribution in [0.15, 0.2) is 41.6 Å². The van der Waals surface area contributed by atoms with Crippen LogP contribution < -0.4 is 25.5 Å². The molecule has 0 aliphatic heterocycles. The third-order valence-corrected chi connectivity index (χ3v) is 3.85. The number of rotatable bonds is 7. The number of hydrogen-bond donors (Lipinski definition) is 3. The van der Waals surface area contributed by atoms with Gasteiger partial charge in [0, 0.05) is 18.0 Å². The van der Waals surface area contributed by atoms with Crippen LogP contribution in [0.3, 0.4) is 0 Å². The molecule has 2 aromatic rings. The Bertz CT molecular complexity index is 962. The number of benzene rings is 1. The molecule has 0 fully saturated rings. The van der Waals surface area contributed by atoms with Crippen molar-refractivity contribution in [3.63, 3.8) is 0 Å². The zero-order chi connectivity index (χ0) is 22.1. The number of pyridine rings is 1. The molecule has 11 heteroatoms. The molecule has 3 N–H and O–H groups in total. The fourth-order valence-electron chi connectivity index (χ4n) is 2.19. The molecule has 0 atom stereocenters. The average Bonchev–Trinajstić information content (AvgIpc) is 2.73. The topological polar surface area (TPSA) is 131 Å². The van der Waals surface area contributed by atoms with Crippen LogP contribution in [0.25, 0.3) is 0 Å². The first-order chi connectivity index (χ1) is 14.3. The molecule has 0 aliphatic carbocycles. The van der Waals surface area contributed by atoms with Gasteiger partial charge in [0.25, 0.3) is 0 Å². The molecular weight excluding hydrogens is 414 g/mol.